The molecule has 0 aliphatic carbocycles. The highest BCUT2D eigenvalue weighted by Gasteiger charge is 2.13. The van der Waals surface area contributed by atoms with Gasteiger partial charge in [0, 0.05) is 42.7 Å². The van der Waals surface area contributed by atoms with Crippen molar-refractivity contribution in [3.63, 3.8) is 0 Å². The van der Waals surface area contributed by atoms with Crippen LogP contribution in [0, 0.1) is 13.8 Å². The third kappa shape index (κ3) is 5.52. The number of nitrogens with one attached hydrogen (secondary N) is 1. The lowest BCUT2D eigenvalue weighted by atomic mass is 10.0. The van der Waals surface area contributed by atoms with E-state index in [1.165, 1.54) is 0 Å². The van der Waals surface area contributed by atoms with E-state index in [1.807, 2.05) is 39.8 Å². The van der Waals surface area contributed by atoms with E-state index in [-0.39, 0.29) is 30.4 Å². The molecule has 2 aromatic rings. The quantitative estimate of drug-likeness (QED) is 0.691. The van der Waals surface area contributed by atoms with Crippen molar-refractivity contribution >= 4 is 23.3 Å². The Bertz CT molecular complexity index is 853. The normalized spacial score (nSPS) is 10.4. The van der Waals surface area contributed by atoms with Crippen LogP contribution in [0.25, 0.3) is 0 Å². The zero-order valence-electron chi connectivity index (χ0n) is 17.0. The topological polar surface area (TPSA) is 66.5 Å². The molecule has 0 bridgehead atoms. The molecule has 0 fully saturated rings. The summed E-state index contributed by atoms with van der Waals surface area (Å²) >= 11 is 0. The van der Waals surface area contributed by atoms with Crippen molar-refractivity contribution in [3.8, 4) is 0 Å². The summed E-state index contributed by atoms with van der Waals surface area (Å²) in [5.74, 6) is -0.291. The van der Waals surface area contributed by atoms with Gasteiger partial charge in [-0.1, -0.05) is 12.1 Å². The van der Waals surface area contributed by atoms with Gasteiger partial charge in [0.1, 0.15) is 0 Å². The smallest absolute Gasteiger partial charge is 0.253 e. The molecule has 2 amide bonds. The fraction of sp³-hybridized carbons (Fsp3) is 0.348. The lowest BCUT2D eigenvalue weighted by Gasteiger charge is -2.18. The molecule has 0 unspecified atom stereocenters. The number of carbonyl (C=O) groups is 3. The van der Waals surface area contributed by atoms with Crippen molar-refractivity contribution in [3.05, 3.63) is 64.7 Å². The van der Waals surface area contributed by atoms with Gasteiger partial charge in [-0.2, -0.15) is 0 Å². The van der Waals surface area contributed by atoms with E-state index < -0.39 is 0 Å². The summed E-state index contributed by atoms with van der Waals surface area (Å²) in [7, 11) is 0. The van der Waals surface area contributed by atoms with Crippen molar-refractivity contribution in [1.29, 1.82) is 0 Å². The van der Waals surface area contributed by atoms with Crippen LogP contribution < -0.4 is 5.32 Å². The predicted octanol–water partition coefficient (Wildman–Crippen LogP) is 4.39. The first kappa shape index (κ1) is 21.4. The van der Waals surface area contributed by atoms with Crippen LogP contribution in [0.4, 0.5) is 5.69 Å². The number of Topliss-reactive ketones (excluding diaryl/α,β-unsaturated/α-hetero) is 1. The van der Waals surface area contributed by atoms with E-state index in [0.29, 0.717) is 29.9 Å². The molecule has 2 rings (SSSR count). The van der Waals surface area contributed by atoms with Gasteiger partial charge in [0.05, 0.1) is 0 Å². The molecule has 0 heterocycles. The molecule has 0 aromatic heterocycles. The van der Waals surface area contributed by atoms with Gasteiger partial charge in [0.15, 0.2) is 5.78 Å². The molecule has 0 saturated heterocycles. The van der Waals surface area contributed by atoms with E-state index in [0.717, 1.165) is 11.1 Å². The maximum Gasteiger partial charge on any atom is 0.253 e. The molecule has 5 heteroatoms. The van der Waals surface area contributed by atoms with Crippen LogP contribution in [0.3, 0.4) is 0 Å². The van der Waals surface area contributed by atoms with Gasteiger partial charge >= 0.3 is 0 Å². The number of carbonyl (C=O) groups excluding carboxylic acids is 3. The van der Waals surface area contributed by atoms with Gasteiger partial charge in [0.2, 0.25) is 5.91 Å². The lowest BCUT2D eigenvalue weighted by molar-refractivity contribution is -0.116. The van der Waals surface area contributed by atoms with Gasteiger partial charge in [0.25, 0.3) is 5.91 Å². The number of hydrogen-bond donors (Lipinski definition) is 1. The Morgan fingerprint density at radius 2 is 1.43 bits per heavy atom. The maximum atomic E-state index is 12.3. The Balaban J connectivity index is 1.89. The minimum atomic E-state index is -0.222. The van der Waals surface area contributed by atoms with Crippen molar-refractivity contribution in [1.82, 2.24) is 4.90 Å². The molecule has 0 aliphatic heterocycles. The highest BCUT2D eigenvalue weighted by Crippen LogP contribution is 2.14. The van der Waals surface area contributed by atoms with Crippen LogP contribution in [-0.2, 0) is 4.79 Å². The van der Waals surface area contributed by atoms with Crippen LogP contribution in [0.5, 0.6) is 0 Å². The first-order valence-corrected chi connectivity index (χ1v) is 9.65. The highest BCUT2D eigenvalue weighted by atomic mass is 16.2. The fourth-order valence-corrected chi connectivity index (χ4v) is 2.90. The van der Waals surface area contributed by atoms with Crippen molar-refractivity contribution in [2.45, 2.75) is 40.5 Å². The zero-order valence-corrected chi connectivity index (χ0v) is 17.0. The second-order valence-electron chi connectivity index (χ2n) is 6.83. The number of aryl methyl sites for hydroxylation is 2. The SMILES string of the molecule is CCN(CC)C(=O)c1ccc(NC(=O)CCC(=O)c2ccc(C)c(C)c2)cc1. The standard InChI is InChI=1S/C23H28N2O3/c1-5-25(6-2)23(28)18-9-11-20(12-10-18)24-22(27)14-13-21(26)19-8-7-16(3)17(4)15-19/h7-12,15H,5-6,13-14H2,1-4H3,(H,24,27). The third-order valence-electron chi connectivity index (χ3n) is 4.87. The van der Waals surface area contributed by atoms with Crippen LogP contribution in [-0.4, -0.2) is 35.6 Å². The van der Waals surface area contributed by atoms with E-state index in [2.05, 4.69) is 5.32 Å². The van der Waals surface area contributed by atoms with Crippen LogP contribution in [0.1, 0.15) is 58.5 Å². The minimum Gasteiger partial charge on any atom is -0.339 e. The van der Waals surface area contributed by atoms with Gasteiger partial charge in [-0.15, -0.1) is 0 Å². The number of ketones is 1. The van der Waals surface area contributed by atoms with E-state index in [4.69, 9.17) is 0 Å². The van der Waals surface area contributed by atoms with Crippen molar-refractivity contribution in [2.75, 3.05) is 18.4 Å². The predicted molar refractivity (Wildman–Crippen MR) is 112 cm³/mol. The van der Waals surface area contributed by atoms with Crippen molar-refractivity contribution in [2.24, 2.45) is 0 Å². The monoisotopic (exact) mass is 380 g/mol. The number of hydrogen-bond acceptors (Lipinski definition) is 3. The summed E-state index contributed by atoms with van der Waals surface area (Å²) in [5.41, 5.74) is 4.04. The number of benzene rings is 2. The summed E-state index contributed by atoms with van der Waals surface area (Å²) in [6.07, 6.45) is 0.277. The number of amides is 2. The highest BCUT2D eigenvalue weighted by molar-refractivity contribution is 6.00. The van der Waals surface area contributed by atoms with Crippen LogP contribution >= 0.6 is 0 Å². The zero-order chi connectivity index (χ0) is 20.7. The Morgan fingerprint density at radius 1 is 0.821 bits per heavy atom. The lowest BCUT2D eigenvalue weighted by Crippen LogP contribution is -2.30. The molecule has 0 atom stereocenters. The largest absolute Gasteiger partial charge is 0.339 e. The Kier molecular flexibility index (Phi) is 7.50. The Hall–Kier alpha value is -2.95. The third-order valence-corrected chi connectivity index (χ3v) is 4.87. The first-order valence-electron chi connectivity index (χ1n) is 9.65. The molecule has 5 nitrogen and oxygen atoms in total. The molecular weight excluding hydrogens is 352 g/mol. The van der Waals surface area contributed by atoms with Gasteiger partial charge in [-0.3, -0.25) is 14.4 Å². The van der Waals surface area contributed by atoms with E-state index in [1.54, 1.807) is 35.2 Å². The fourth-order valence-electron chi connectivity index (χ4n) is 2.90. The summed E-state index contributed by atoms with van der Waals surface area (Å²) < 4.78 is 0. The summed E-state index contributed by atoms with van der Waals surface area (Å²) in [6.45, 7) is 9.15. The molecule has 148 valence electrons. The van der Waals surface area contributed by atoms with Gasteiger partial charge in [-0.25, -0.2) is 0 Å². The molecule has 0 aliphatic rings. The first-order chi connectivity index (χ1) is 13.3. The van der Waals surface area contributed by atoms with E-state index >= 15 is 0 Å². The number of nitrogens with zero attached hydrogens (tertiary/aromatic N) is 1. The molecule has 1 N–H and O–H groups in total. The maximum absolute atomic E-state index is 12.3. The molecule has 2 aromatic carbocycles. The molecule has 0 radical (unpaired) electrons. The molecular formula is C23H28N2O3. The second-order valence-corrected chi connectivity index (χ2v) is 6.83. The summed E-state index contributed by atoms with van der Waals surface area (Å²) in [5, 5.41) is 2.78. The Morgan fingerprint density at radius 3 is 2.00 bits per heavy atom. The summed E-state index contributed by atoms with van der Waals surface area (Å²) in [4.78, 5) is 38.5. The van der Waals surface area contributed by atoms with Crippen LogP contribution in [0.2, 0.25) is 0 Å². The van der Waals surface area contributed by atoms with Gasteiger partial charge in [-0.05, 0) is 69.2 Å². The second kappa shape index (κ2) is 9.83. The van der Waals surface area contributed by atoms with Gasteiger partial charge < -0.3 is 10.2 Å². The van der Waals surface area contributed by atoms with E-state index in [9.17, 15) is 14.4 Å². The number of anilines is 1. The number of rotatable bonds is 8. The molecule has 28 heavy (non-hydrogen) atoms. The summed E-state index contributed by atoms with van der Waals surface area (Å²) in [6, 6.07) is 12.4. The average molecular weight is 380 g/mol. The average Bonchev–Trinajstić information content (AvgIpc) is 2.69. The molecule has 0 saturated carbocycles. The van der Waals surface area contributed by atoms with Crippen LogP contribution in [0.15, 0.2) is 42.5 Å². The minimum absolute atomic E-state index is 0.0261. The Labute approximate surface area is 166 Å². The molecule has 0 spiro atoms. The van der Waals surface area contributed by atoms with Crippen molar-refractivity contribution < 1.29 is 14.4 Å².